The van der Waals surface area contributed by atoms with Gasteiger partial charge in [-0.3, -0.25) is 0 Å². The van der Waals surface area contributed by atoms with Crippen molar-refractivity contribution >= 4 is 21.7 Å². The van der Waals surface area contributed by atoms with Crippen LogP contribution in [0.4, 0.5) is 5.82 Å². The van der Waals surface area contributed by atoms with E-state index in [4.69, 9.17) is 4.74 Å². The minimum absolute atomic E-state index is 0.661. The predicted octanol–water partition coefficient (Wildman–Crippen LogP) is 2.55. The Balaban J connectivity index is 2.23. The lowest BCUT2D eigenvalue weighted by atomic mass is 10.4. The lowest BCUT2D eigenvalue weighted by molar-refractivity contribution is 0.149. The predicted molar refractivity (Wildman–Crippen MR) is 68.6 cm³/mol. The third-order valence-electron chi connectivity index (χ3n) is 1.83. The Bertz CT molecular complexity index is 324. The molecule has 0 radical (unpaired) electrons. The lowest BCUT2D eigenvalue weighted by Gasteiger charge is -2.06. The number of rotatable bonds is 7. The fraction of sp³-hybridized carbons (Fsp3) is 0.455. The van der Waals surface area contributed by atoms with E-state index in [2.05, 4.69) is 37.8 Å². The van der Waals surface area contributed by atoms with Crippen molar-refractivity contribution in [3.63, 3.8) is 0 Å². The monoisotopic (exact) mass is 285 g/mol. The second-order valence-electron chi connectivity index (χ2n) is 3.24. The van der Waals surface area contributed by atoms with Crippen molar-refractivity contribution in [2.24, 2.45) is 0 Å². The van der Waals surface area contributed by atoms with E-state index >= 15 is 0 Å². The SMILES string of the molecule is C=CCCOCCNc1cc(Br)nc(C)n1. The van der Waals surface area contributed by atoms with Crippen molar-refractivity contribution in [1.82, 2.24) is 9.97 Å². The molecule has 0 aliphatic heterocycles. The maximum absolute atomic E-state index is 5.37. The number of aromatic nitrogens is 2. The topological polar surface area (TPSA) is 47.0 Å². The normalized spacial score (nSPS) is 10.1. The molecule has 1 heterocycles. The van der Waals surface area contributed by atoms with Gasteiger partial charge in [0.15, 0.2) is 0 Å². The zero-order valence-corrected chi connectivity index (χ0v) is 11.0. The maximum Gasteiger partial charge on any atom is 0.130 e. The van der Waals surface area contributed by atoms with Gasteiger partial charge in [-0.2, -0.15) is 0 Å². The summed E-state index contributed by atoms with van der Waals surface area (Å²) < 4.78 is 6.15. The molecular weight excluding hydrogens is 270 g/mol. The first-order chi connectivity index (χ1) is 7.72. The van der Waals surface area contributed by atoms with E-state index in [0.717, 1.165) is 35.8 Å². The number of ether oxygens (including phenoxy) is 1. The Morgan fingerprint density at radius 2 is 2.31 bits per heavy atom. The number of nitrogens with one attached hydrogen (secondary N) is 1. The molecule has 0 unspecified atom stereocenters. The molecule has 1 rings (SSSR count). The molecule has 0 aliphatic carbocycles. The molecule has 0 fully saturated rings. The van der Waals surface area contributed by atoms with Gasteiger partial charge < -0.3 is 10.1 Å². The Morgan fingerprint density at radius 3 is 3.00 bits per heavy atom. The largest absolute Gasteiger partial charge is 0.379 e. The number of anilines is 1. The molecule has 0 atom stereocenters. The lowest BCUT2D eigenvalue weighted by Crippen LogP contribution is -2.11. The third kappa shape index (κ3) is 5.23. The van der Waals surface area contributed by atoms with Crippen LogP contribution in [0.1, 0.15) is 12.2 Å². The number of hydrogen-bond donors (Lipinski definition) is 1. The first-order valence-electron chi connectivity index (χ1n) is 5.16. The smallest absolute Gasteiger partial charge is 0.130 e. The molecule has 4 nitrogen and oxygen atoms in total. The molecule has 1 N–H and O–H groups in total. The van der Waals surface area contributed by atoms with Crippen molar-refractivity contribution < 1.29 is 4.74 Å². The minimum Gasteiger partial charge on any atom is -0.379 e. The van der Waals surface area contributed by atoms with Gasteiger partial charge in [0.25, 0.3) is 0 Å². The molecule has 16 heavy (non-hydrogen) atoms. The molecule has 1 aromatic rings. The zero-order valence-electron chi connectivity index (χ0n) is 9.37. The highest BCUT2D eigenvalue weighted by Gasteiger charge is 1.98. The standard InChI is InChI=1S/C11H16BrN3O/c1-3-4-6-16-7-5-13-11-8-10(12)14-9(2)15-11/h3,8H,1,4-7H2,2H3,(H,13,14,15). The molecule has 5 heteroatoms. The van der Waals surface area contributed by atoms with E-state index < -0.39 is 0 Å². The van der Waals surface area contributed by atoms with Gasteiger partial charge in [-0.1, -0.05) is 6.08 Å². The average molecular weight is 286 g/mol. The molecule has 0 saturated heterocycles. The maximum atomic E-state index is 5.37. The molecule has 0 aliphatic rings. The van der Waals surface area contributed by atoms with E-state index in [1.54, 1.807) is 0 Å². The molecule has 0 bridgehead atoms. The second-order valence-corrected chi connectivity index (χ2v) is 4.05. The van der Waals surface area contributed by atoms with E-state index in [0.29, 0.717) is 6.61 Å². The zero-order chi connectivity index (χ0) is 11.8. The summed E-state index contributed by atoms with van der Waals surface area (Å²) in [5.74, 6) is 1.55. The molecular formula is C11H16BrN3O. The van der Waals surface area contributed by atoms with E-state index in [1.165, 1.54) is 0 Å². The summed E-state index contributed by atoms with van der Waals surface area (Å²) in [7, 11) is 0. The van der Waals surface area contributed by atoms with Crippen LogP contribution in [0, 0.1) is 6.92 Å². The summed E-state index contributed by atoms with van der Waals surface area (Å²) in [4.78, 5) is 8.37. The van der Waals surface area contributed by atoms with Crippen LogP contribution in [0.15, 0.2) is 23.3 Å². The number of halogens is 1. The summed E-state index contributed by atoms with van der Waals surface area (Å²) >= 11 is 3.32. The Hall–Kier alpha value is -0.940. The third-order valence-corrected chi connectivity index (χ3v) is 2.23. The van der Waals surface area contributed by atoms with Crippen LogP contribution in [0.2, 0.25) is 0 Å². The molecule has 88 valence electrons. The van der Waals surface area contributed by atoms with Gasteiger partial charge in [-0.15, -0.1) is 6.58 Å². The summed E-state index contributed by atoms with van der Waals surface area (Å²) in [6.07, 6.45) is 2.73. The molecule has 0 amide bonds. The van der Waals surface area contributed by atoms with Gasteiger partial charge in [0.1, 0.15) is 16.2 Å². The fourth-order valence-corrected chi connectivity index (χ4v) is 1.62. The summed E-state index contributed by atoms with van der Waals surface area (Å²) in [5, 5.41) is 3.17. The first kappa shape index (κ1) is 13.1. The Kier molecular flexibility index (Phi) is 6.03. The van der Waals surface area contributed by atoms with Gasteiger partial charge in [0.05, 0.1) is 13.2 Å². The van der Waals surface area contributed by atoms with E-state index in [1.807, 2.05) is 19.1 Å². The van der Waals surface area contributed by atoms with Gasteiger partial charge in [-0.25, -0.2) is 9.97 Å². The molecule has 0 aromatic carbocycles. The quantitative estimate of drug-likeness (QED) is 0.475. The van der Waals surface area contributed by atoms with Crippen LogP contribution in [0.3, 0.4) is 0 Å². The van der Waals surface area contributed by atoms with Gasteiger partial charge in [0.2, 0.25) is 0 Å². The average Bonchev–Trinajstić information content (AvgIpc) is 2.22. The minimum atomic E-state index is 0.661. The van der Waals surface area contributed by atoms with Crippen molar-refractivity contribution in [2.75, 3.05) is 25.1 Å². The van der Waals surface area contributed by atoms with Crippen LogP contribution >= 0.6 is 15.9 Å². The number of nitrogens with zero attached hydrogens (tertiary/aromatic N) is 2. The van der Waals surface area contributed by atoms with Crippen LogP contribution in [-0.4, -0.2) is 29.7 Å². The fourth-order valence-electron chi connectivity index (χ4n) is 1.14. The van der Waals surface area contributed by atoms with Gasteiger partial charge >= 0.3 is 0 Å². The molecule has 1 aromatic heterocycles. The highest BCUT2D eigenvalue weighted by molar-refractivity contribution is 9.10. The van der Waals surface area contributed by atoms with Crippen LogP contribution < -0.4 is 5.32 Å². The van der Waals surface area contributed by atoms with Crippen molar-refractivity contribution in [1.29, 1.82) is 0 Å². The molecule has 0 saturated carbocycles. The Morgan fingerprint density at radius 1 is 1.50 bits per heavy atom. The van der Waals surface area contributed by atoms with Crippen LogP contribution in [-0.2, 0) is 4.74 Å². The van der Waals surface area contributed by atoms with E-state index in [9.17, 15) is 0 Å². The summed E-state index contributed by atoms with van der Waals surface area (Å²) in [6.45, 7) is 7.60. The summed E-state index contributed by atoms with van der Waals surface area (Å²) in [6, 6.07) is 1.84. The first-order valence-corrected chi connectivity index (χ1v) is 5.95. The summed E-state index contributed by atoms with van der Waals surface area (Å²) in [5.41, 5.74) is 0. The van der Waals surface area contributed by atoms with Crippen LogP contribution in [0.25, 0.3) is 0 Å². The van der Waals surface area contributed by atoms with Crippen molar-refractivity contribution in [3.8, 4) is 0 Å². The highest BCUT2D eigenvalue weighted by Crippen LogP contribution is 2.11. The number of aryl methyl sites for hydroxylation is 1. The Labute approximate surface area is 104 Å². The second kappa shape index (κ2) is 7.35. The van der Waals surface area contributed by atoms with Crippen molar-refractivity contribution in [3.05, 3.63) is 29.1 Å². The van der Waals surface area contributed by atoms with Crippen LogP contribution in [0.5, 0.6) is 0 Å². The highest BCUT2D eigenvalue weighted by atomic mass is 79.9. The van der Waals surface area contributed by atoms with Gasteiger partial charge in [-0.05, 0) is 29.3 Å². The van der Waals surface area contributed by atoms with Gasteiger partial charge in [0, 0.05) is 12.6 Å². The number of hydrogen-bond acceptors (Lipinski definition) is 4. The molecule has 0 spiro atoms. The van der Waals surface area contributed by atoms with E-state index in [-0.39, 0.29) is 0 Å². The van der Waals surface area contributed by atoms with Crippen molar-refractivity contribution in [2.45, 2.75) is 13.3 Å².